The van der Waals surface area contributed by atoms with E-state index in [1.165, 1.54) is 10.5 Å². The molecular formula is C12H19NOS. The van der Waals surface area contributed by atoms with Gasteiger partial charge < -0.3 is 10.1 Å². The Bertz CT molecular complexity index is 273. The van der Waals surface area contributed by atoms with Crippen molar-refractivity contribution in [2.75, 3.05) is 19.6 Å². The number of rotatable bonds is 6. The van der Waals surface area contributed by atoms with Crippen LogP contribution in [0.15, 0.2) is 29.2 Å². The van der Waals surface area contributed by atoms with Crippen molar-refractivity contribution in [1.29, 1.82) is 0 Å². The van der Waals surface area contributed by atoms with Gasteiger partial charge in [0.25, 0.3) is 0 Å². The van der Waals surface area contributed by atoms with Gasteiger partial charge in [-0.2, -0.15) is 0 Å². The van der Waals surface area contributed by atoms with Gasteiger partial charge in [-0.1, -0.05) is 30.8 Å². The molecule has 0 bridgehead atoms. The number of thioether (sulfide) groups is 1. The summed E-state index contributed by atoms with van der Waals surface area (Å²) in [6, 6.07) is 9.06. The topological polar surface area (TPSA) is 21.3 Å². The zero-order valence-electron chi connectivity index (χ0n) is 9.62. The van der Waals surface area contributed by atoms with Crippen LogP contribution < -0.4 is 5.32 Å². The molecule has 0 aromatic heterocycles. The largest absolute Gasteiger partial charge is 0.374 e. The zero-order chi connectivity index (χ0) is 11.1. The molecule has 2 nitrogen and oxygen atoms in total. The third-order valence-corrected chi connectivity index (χ3v) is 3.19. The first-order chi connectivity index (χ1) is 7.27. The Kier molecular flexibility index (Phi) is 5.76. The number of hydrogen-bond acceptors (Lipinski definition) is 3. The van der Waals surface area contributed by atoms with Gasteiger partial charge in [0.1, 0.15) is 0 Å². The predicted octanol–water partition coefficient (Wildman–Crippen LogP) is 3.05. The van der Waals surface area contributed by atoms with Crippen molar-refractivity contribution in [3.05, 3.63) is 29.8 Å². The molecule has 84 valence electrons. The fraction of sp³-hybridized carbons (Fsp3) is 0.500. The number of hydrogen-bond donors (Lipinski definition) is 1. The van der Waals surface area contributed by atoms with Crippen LogP contribution in [-0.4, -0.2) is 19.6 Å². The van der Waals surface area contributed by atoms with Crippen LogP contribution in [0.25, 0.3) is 0 Å². The first kappa shape index (κ1) is 12.6. The fourth-order valence-electron chi connectivity index (χ4n) is 1.40. The quantitative estimate of drug-likeness (QED) is 0.594. The third-order valence-electron chi connectivity index (χ3n) is 2.23. The summed E-state index contributed by atoms with van der Waals surface area (Å²) in [4.78, 5) is 1.25. The van der Waals surface area contributed by atoms with Gasteiger partial charge in [-0.3, -0.25) is 0 Å². The van der Waals surface area contributed by atoms with Gasteiger partial charge in [-0.05, 0) is 31.2 Å². The minimum Gasteiger partial charge on any atom is -0.374 e. The number of ether oxygens (including phenoxy) is 1. The molecule has 0 amide bonds. The molecule has 0 fully saturated rings. The van der Waals surface area contributed by atoms with Crippen LogP contribution in [0.1, 0.15) is 25.5 Å². The average molecular weight is 225 g/mol. The predicted molar refractivity (Wildman–Crippen MR) is 66.3 cm³/mol. The summed E-state index contributed by atoms with van der Waals surface area (Å²) in [5.41, 5.74) is 1.33. The second-order valence-corrected chi connectivity index (χ2v) is 4.40. The van der Waals surface area contributed by atoms with Crippen molar-refractivity contribution < 1.29 is 4.74 Å². The monoisotopic (exact) mass is 225 g/mol. The molecule has 0 aliphatic heterocycles. The van der Waals surface area contributed by atoms with E-state index in [0.29, 0.717) is 12.0 Å². The lowest BCUT2D eigenvalue weighted by Gasteiger charge is -2.12. The molecule has 15 heavy (non-hydrogen) atoms. The van der Waals surface area contributed by atoms with Gasteiger partial charge in [0.05, 0.1) is 5.94 Å². The minimum absolute atomic E-state index is 0.427. The summed E-state index contributed by atoms with van der Waals surface area (Å²) in [5.74, 6) is 0.710. The lowest BCUT2D eigenvalue weighted by molar-refractivity contribution is 0.259. The number of benzene rings is 1. The second kappa shape index (κ2) is 6.88. The molecule has 1 atom stereocenters. The summed E-state index contributed by atoms with van der Waals surface area (Å²) < 4.78 is 5.01. The summed E-state index contributed by atoms with van der Waals surface area (Å²) >= 11 is 1.71. The lowest BCUT2D eigenvalue weighted by Crippen LogP contribution is -2.17. The van der Waals surface area contributed by atoms with E-state index in [1.807, 2.05) is 0 Å². The summed E-state index contributed by atoms with van der Waals surface area (Å²) in [7, 11) is 1.72. The Morgan fingerprint density at radius 2 is 2.00 bits per heavy atom. The maximum Gasteiger partial charge on any atom is 0.0963 e. The fourth-order valence-corrected chi connectivity index (χ4v) is 1.99. The maximum atomic E-state index is 5.01. The first-order valence-electron chi connectivity index (χ1n) is 5.23. The highest BCUT2D eigenvalue weighted by Crippen LogP contribution is 2.20. The van der Waals surface area contributed by atoms with Crippen LogP contribution in [0, 0.1) is 0 Å². The van der Waals surface area contributed by atoms with Gasteiger partial charge in [0, 0.05) is 18.0 Å². The molecule has 0 saturated heterocycles. The maximum absolute atomic E-state index is 5.01. The van der Waals surface area contributed by atoms with E-state index in [1.54, 1.807) is 18.9 Å². The van der Waals surface area contributed by atoms with Crippen molar-refractivity contribution >= 4 is 11.8 Å². The molecular weight excluding hydrogens is 206 g/mol. The van der Waals surface area contributed by atoms with Crippen molar-refractivity contribution in [1.82, 2.24) is 5.32 Å². The van der Waals surface area contributed by atoms with Crippen LogP contribution in [0.3, 0.4) is 0 Å². The highest BCUT2D eigenvalue weighted by Gasteiger charge is 2.02. The minimum atomic E-state index is 0.427. The van der Waals surface area contributed by atoms with Crippen molar-refractivity contribution in [3.8, 4) is 0 Å². The Morgan fingerprint density at radius 3 is 2.53 bits per heavy atom. The number of nitrogens with one attached hydrogen (secondary N) is 1. The standard InChI is InChI=1S/C12H19NOS/c1-4-13-10(2)11-5-7-12(8-6-11)15-9-14-3/h5-8,10,13H,4,9H2,1-3H3. The molecule has 1 aromatic carbocycles. The lowest BCUT2D eigenvalue weighted by atomic mass is 10.1. The Balaban J connectivity index is 2.55. The van der Waals surface area contributed by atoms with Crippen molar-refractivity contribution in [2.24, 2.45) is 0 Å². The normalized spacial score (nSPS) is 12.7. The van der Waals surface area contributed by atoms with E-state index in [0.717, 1.165) is 6.54 Å². The summed E-state index contributed by atoms with van der Waals surface area (Å²) in [6.07, 6.45) is 0. The zero-order valence-corrected chi connectivity index (χ0v) is 10.4. The van der Waals surface area contributed by atoms with Crippen molar-refractivity contribution in [2.45, 2.75) is 24.8 Å². The molecule has 0 aliphatic rings. The van der Waals surface area contributed by atoms with Crippen molar-refractivity contribution in [3.63, 3.8) is 0 Å². The summed E-state index contributed by atoms with van der Waals surface area (Å²) in [5, 5.41) is 3.39. The second-order valence-electron chi connectivity index (χ2n) is 3.40. The molecule has 0 spiro atoms. The van der Waals surface area contributed by atoms with Gasteiger partial charge >= 0.3 is 0 Å². The van der Waals surface area contributed by atoms with E-state index in [9.17, 15) is 0 Å². The number of methoxy groups -OCH3 is 1. The van der Waals surface area contributed by atoms with Gasteiger partial charge in [0.15, 0.2) is 0 Å². The molecule has 3 heteroatoms. The van der Waals surface area contributed by atoms with E-state index in [4.69, 9.17) is 4.74 Å². The highest BCUT2D eigenvalue weighted by molar-refractivity contribution is 7.99. The first-order valence-corrected chi connectivity index (χ1v) is 6.21. The summed E-state index contributed by atoms with van der Waals surface area (Å²) in [6.45, 7) is 5.31. The Labute approximate surface area is 96.4 Å². The molecule has 0 heterocycles. The SMILES string of the molecule is CCNC(C)c1ccc(SCOC)cc1. The smallest absolute Gasteiger partial charge is 0.0963 e. The van der Waals surface area contributed by atoms with E-state index >= 15 is 0 Å². The molecule has 1 aromatic rings. The molecule has 1 rings (SSSR count). The Hall–Kier alpha value is -0.510. The molecule has 1 unspecified atom stereocenters. The van der Waals surface area contributed by atoms with E-state index in [2.05, 4.69) is 43.4 Å². The molecule has 0 saturated carbocycles. The van der Waals surface area contributed by atoms with Crippen LogP contribution in [0.4, 0.5) is 0 Å². The van der Waals surface area contributed by atoms with Crippen LogP contribution >= 0.6 is 11.8 Å². The van der Waals surface area contributed by atoms with Crippen LogP contribution in [0.2, 0.25) is 0 Å². The highest BCUT2D eigenvalue weighted by atomic mass is 32.2. The Morgan fingerprint density at radius 1 is 1.33 bits per heavy atom. The van der Waals surface area contributed by atoms with Gasteiger partial charge in [0.2, 0.25) is 0 Å². The molecule has 0 aliphatic carbocycles. The van der Waals surface area contributed by atoms with Gasteiger partial charge in [-0.25, -0.2) is 0 Å². The third kappa shape index (κ3) is 4.24. The molecule has 1 N–H and O–H groups in total. The van der Waals surface area contributed by atoms with Crippen LogP contribution in [-0.2, 0) is 4.74 Å². The van der Waals surface area contributed by atoms with E-state index in [-0.39, 0.29) is 0 Å². The average Bonchev–Trinajstić information content (AvgIpc) is 2.27. The van der Waals surface area contributed by atoms with E-state index < -0.39 is 0 Å². The van der Waals surface area contributed by atoms with Gasteiger partial charge in [-0.15, -0.1) is 0 Å². The molecule has 0 radical (unpaired) electrons. The van der Waals surface area contributed by atoms with Crippen LogP contribution in [0.5, 0.6) is 0 Å².